The molecule has 4 nitrogen and oxygen atoms in total. The van der Waals surface area contributed by atoms with Gasteiger partial charge in [-0.1, -0.05) is 17.7 Å². The molecule has 0 aliphatic carbocycles. The minimum absolute atomic E-state index is 0.0641. The Kier molecular flexibility index (Phi) is 5.03. The number of hydrogen-bond acceptors (Lipinski definition) is 4. The van der Waals surface area contributed by atoms with Crippen molar-refractivity contribution in [2.24, 2.45) is 0 Å². The minimum Gasteiger partial charge on any atom is -0.255 e. The second-order valence-electron chi connectivity index (χ2n) is 5.12. The quantitative estimate of drug-likeness (QED) is 0.687. The van der Waals surface area contributed by atoms with Crippen molar-refractivity contribution in [3.05, 3.63) is 75.8 Å². The fourth-order valence-electron chi connectivity index (χ4n) is 2.07. The fourth-order valence-corrected chi connectivity index (χ4v) is 4.29. The maximum absolute atomic E-state index is 13.2. The van der Waals surface area contributed by atoms with Crippen LogP contribution in [-0.2, 0) is 16.4 Å². The van der Waals surface area contributed by atoms with E-state index < -0.39 is 21.7 Å². The van der Waals surface area contributed by atoms with Crippen molar-refractivity contribution in [1.82, 2.24) is 4.98 Å². The molecule has 9 heteroatoms. The number of anilines is 1. The number of halogens is 3. The molecule has 0 spiro atoms. The van der Waals surface area contributed by atoms with Gasteiger partial charge in [0.15, 0.2) is 16.8 Å². The molecular weight excluding hydrogens is 390 g/mol. The van der Waals surface area contributed by atoms with Crippen molar-refractivity contribution in [2.75, 3.05) is 4.72 Å². The van der Waals surface area contributed by atoms with Gasteiger partial charge in [-0.3, -0.25) is 4.72 Å². The summed E-state index contributed by atoms with van der Waals surface area (Å²) in [5, 5.41) is 0.620. The summed E-state index contributed by atoms with van der Waals surface area (Å²) in [5.41, 5.74) is 0.564. The molecule has 0 atom stereocenters. The Morgan fingerprint density at radius 2 is 1.80 bits per heavy atom. The summed E-state index contributed by atoms with van der Waals surface area (Å²) in [4.78, 5) is 4.79. The number of sulfonamides is 1. The van der Waals surface area contributed by atoms with E-state index in [1.54, 1.807) is 0 Å². The monoisotopic (exact) mass is 400 g/mol. The first-order chi connectivity index (χ1) is 11.8. The van der Waals surface area contributed by atoms with Crippen molar-refractivity contribution in [3.8, 4) is 0 Å². The third-order valence-electron chi connectivity index (χ3n) is 3.26. The molecule has 25 heavy (non-hydrogen) atoms. The highest BCUT2D eigenvalue weighted by atomic mass is 35.5. The van der Waals surface area contributed by atoms with Gasteiger partial charge in [-0.15, -0.1) is 11.3 Å². The van der Waals surface area contributed by atoms with Crippen LogP contribution in [0.3, 0.4) is 0 Å². The summed E-state index contributed by atoms with van der Waals surface area (Å²) in [7, 11) is -3.77. The van der Waals surface area contributed by atoms with Crippen LogP contribution in [-0.4, -0.2) is 13.4 Å². The van der Waals surface area contributed by atoms with Crippen LogP contribution >= 0.6 is 22.9 Å². The Balaban J connectivity index is 1.74. The number of nitrogens with zero attached hydrogens (tertiary/aromatic N) is 1. The van der Waals surface area contributed by atoms with Gasteiger partial charge in [-0.25, -0.2) is 22.2 Å². The maximum Gasteiger partial charge on any atom is 0.263 e. The lowest BCUT2D eigenvalue weighted by Crippen LogP contribution is -2.12. The molecule has 0 saturated carbocycles. The number of aromatic nitrogens is 1. The van der Waals surface area contributed by atoms with E-state index in [2.05, 4.69) is 9.71 Å². The normalized spacial score (nSPS) is 11.5. The molecule has 1 N–H and O–H groups in total. The van der Waals surface area contributed by atoms with Crippen LogP contribution < -0.4 is 4.72 Å². The summed E-state index contributed by atoms with van der Waals surface area (Å²) in [5.74, 6) is -1.84. The zero-order chi connectivity index (χ0) is 18.0. The predicted octanol–water partition coefficient (Wildman–Crippen LogP) is 4.47. The van der Waals surface area contributed by atoms with Crippen LogP contribution in [0, 0.1) is 11.6 Å². The van der Waals surface area contributed by atoms with Crippen LogP contribution in [0.15, 0.2) is 53.6 Å². The molecule has 1 heterocycles. The predicted molar refractivity (Wildman–Crippen MR) is 93.5 cm³/mol. The zero-order valence-corrected chi connectivity index (χ0v) is 14.9. The summed E-state index contributed by atoms with van der Waals surface area (Å²) < 4.78 is 53.1. The highest BCUT2D eigenvalue weighted by Gasteiger charge is 2.16. The molecule has 0 aliphatic rings. The summed E-state index contributed by atoms with van der Waals surface area (Å²) in [6.07, 6.45) is 1.81. The lowest BCUT2D eigenvalue weighted by molar-refractivity contribution is 0.507. The molecule has 1 aromatic heterocycles. The number of benzene rings is 2. The highest BCUT2D eigenvalue weighted by molar-refractivity contribution is 7.93. The van der Waals surface area contributed by atoms with Crippen molar-refractivity contribution in [2.45, 2.75) is 11.3 Å². The van der Waals surface area contributed by atoms with Gasteiger partial charge in [0.05, 0.1) is 4.90 Å². The van der Waals surface area contributed by atoms with Gasteiger partial charge in [0.25, 0.3) is 10.0 Å². The van der Waals surface area contributed by atoms with Gasteiger partial charge >= 0.3 is 0 Å². The van der Waals surface area contributed by atoms with Gasteiger partial charge in [0, 0.05) is 22.5 Å². The highest BCUT2D eigenvalue weighted by Crippen LogP contribution is 2.25. The molecule has 2 aromatic carbocycles. The number of rotatable bonds is 5. The largest absolute Gasteiger partial charge is 0.263 e. The molecule has 0 fully saturated rings. The average Bonchev–Trinajstić information content (AvgIpc) is 2.97. The van der Waals surface area contributed by atoms with E-state index in [0.29, 0.717) is 21.9 Å². The Bertz CT molecular complexity index is 1010. The Hall–Kier alpha value is -2.03. The third kappa shape index (κ3) is 4.33. The van der Waals surface area contributed by atoms with E-state index in [0.717, 1.165) is 23.5 Å². The van der Waals surface area contributed by atoms with E-state index in [1.807, 2.05) is 0 Å². The van der Waals surface area contributed by atoms with Gasteiger partial charge in [0.1, 0.15) is 0 Å². The maximum atomic E-state index is 13.2. The number of thiazole rings is 1. The number of nitrogens with one attached hydrogen (secondary N) is 1. The van der Waals surface area contributed by atoms with Crippen molar-refractivity contribution < 1.29 is 17.2 Å². The van der Waals surface area contributed by atoms with E-state index in [9.17, 15) is 17.2 Å². The molecule has 0 aliphatic heterocycles. The van der Waals surface area contributed by atoms with Crippen LogP contribution in [0.5, 0.6) is 0 Å². The Morgan fingerprint density at radius 1 is 1.08 bits per heavy atom. The molecule has 0 amide bonds. The molecule has 0 bridgehead atoms. The van der Waals surface area contributed by atoms with Gasteiger partial charge < -0.3 is 0 Å². The standard InChI is InChI=1S/C16H11ClF2N2O2S2/c17-11-2-4-13(5-3-11)25(22,23)21-16-20-9-12(24-16)7-10-1-6-14(18)15(19)8-10/h1-6,8-9H,7H2,(H,20,21). The van der Waals surface area contributed by atoms with Gasteiger partial charge in [0.2, 0.25) is 0 Å². The van der Waals surface area contributed by atoms with E-state index >= 15 is 0 Å². The van der Waals surface area contributed by atoms with Gasteiger partial charge in [-0.05, 0) is 42.0 Å². The smallest absolute Gasteiger partial charge is 0.255 e. The first-order valence-electron chi connectivity index (χ1n) is 7.00. The summed E-state index contributed by atoms with van der Waals surface area (Å²) in [6, 6.07) is 9.36. The fraction of sp³-hybridized carbons (Fsp3) is 0.0625. The van der Waals surface area contributed by atoms with Gasteiger partial charge in [-0.2, -0.15) is 0 Å². The molecule has 130 valence electrons. The Morgan fingerprint density at radius 3 is 2.48 bits per heavy atom. The first-order valence-corrected chi connectivity index (χ1v) is 9.68. The molecule has 0 saturated heterocycles. The SMILES string of the molecule is O=S(=O)(Nc1ncc(Cc2ccc(F)c(F)c2)s1)c1ccc(Cl)cc1. The minimum atomic E-state index is -3.77. The van der Waals surface area contributed by atoms with E-state index in [4.69, 9.17) is 11.6 Å². The lowest BCUT2D eigenvalue weighted by Gasteiger charge is -2.04. The van der Waals surface area contributed by atoms with Crippen LogP contribution in [0.4, 0.5) is 13.9 Å². The van der Waals surface area contributed by atoms with Crippen LogP contribution in [0.2, 0.25) is 5.02 Å². The van der Waals surface area contributed by atoms with Crippen molar-refractivity contribution in [1.29, 1.82) is 0 Å². The molecule has 0 unspecified atom stereocenters. The van der Waals surface area contributed by atoms with Crippen molar-refractivity contribution in [3.63, 3.8) is 0 Å². The zero-order valence-electron chi connectivity index (χ0n) is 12.5. The lowest BCUT2D eigenvalue weighted by atomic mass is 10.1. The summed E-state index contributed by atoms with van der Waals surface area (Å²) in [6.45, 7) is 0. The van der Waals surface area contributed by atoms with E-state index in [1.165, 1.54) is 36.5 Å². The Labute approximate surface area is 152 Å². The molecule has 3 rings (SSSR count). The molecule has 3 aromatic rings. The average molecular weight is 401 g/mol. The molecular formula is C16H11ClF2N2O2S2. The second-order valence-corrected chi connectivity index (χ2v) is 8.35. The second kappa shape index (κ2) is 7.07. The van der Waals surface area contributed by atoms with Crippen LogP contribution in [0.25, 0.3) is 0 Å². The van der Waals surface area contributed by atoms with Crippen molar-refractivity contribution >= 4 is 38.1 Å². The molecule has 0 radical (unpaired) electrons. The summed E-state index contributed by atoms with van der Waals surface area (Å²) >= 11 is 6.87. The first kappa shape index (κ1) is 17.8. The van der Waals surface area contributed by atoms with Crippen LogP contribution in [0.1, 0.15) is 10.4 Å². The number of hydrogen-bond donors (Lipinski definition) is 1. The van der Waals surface area contributed by atoms with E-state index in [-0.39, 0.29) is 10.0 Å². The topological polar surface area (TPSA) is 59.1 Å². The third-order valence-corrected chi connectivity index (χ3v) is 5.91.